The van der Waals surface area contributed by atoms with Crippen molar-refractivity contribution in [2.24, 2.45) is 0 Å². The molecule has 0 fully saturated rings. The highest BCUT2D eigenvalue weighted by atomic mass is 32.2. The summed E-state index contributed by atoms with van der Waals surface area (Å²) < 4.78 is 37.6. The Bertz CT molecular complexity index is 1120. The summed E-state index contributed by atoms with van der Waals surface area (Å²) in [6.45, 7) is 0.214. The average molecular weight is 360 g/mol. The van der Waals surface area contributed by atoms with Crippen LogP contribution >= 0.6 is 11.7 Å². The molecule has 4 rings (SSSR count). The smallest absolute Gasteiger partial charge is 0.242 e. The number of fused-ring (bicyclic) bond motifs is 2. The Hall–Kier alpha value is -2.43. The van der Waals surface area contributed by atoms with Gasteiger partial charge >= 0.3 is 0 Å². The van der Waals surface area contributed by atoms with Crippen molar-refractivity contribution in [1.29, 1.82) is 0 Å². The summed E-state index contributed by atoms with van der Waals surface area (Å²) in [7, 11) is -3.67. The molecule has 1 N–H and O–H groups in total. The van der Waals surface area contributed by atoms with E-state index in [1.54, 1.807) is 12.1 Å². The van der Waals surface area contributed by atoms with Gasteiger partial charge in [0.25, 0.3) is 0 Å². The van der Waals surface area contributed by atoms with Crippen molar-refractivity contribution in [2.45, 2.75) is 11.3 Å². The Labute approximate surface area is 141 Å². The minimum atomic E-state index is -3.67. The Kier molecular flexibility index (Phi) is 3.71. The van der Waals surface area contributed by atoms with Crippen LogP contribution in [-0.2, 0) is 16.4 Å². The lowest BCUT2D eigenvalue weighted by atomic mass is 10.3. The largest absolute Gasteiger partial charge is 0.286 e. The lowest BCUT2D eigenvalue weighted by Crippen LogP contribution is -2.26. The minimum absolute atomic E-state index is 0.139. The maximum Gasteiger partial charge on any atom is 0.242 e. The van der Waals surface area contributed by atoms with Crippen molar-refractivity contribution in [2.75, 3.05) is 6.54 Å². The number of benzene rings is 1. The predicted octanol–water partition coefficient (Wildman–Crippen LogP) is 1.25. The third-order valence-corrected chi connectivity index (χ3v) is 5.60. The maximum atomic E-state index is 12.5. The molecule has 0 aliphatic rings. The number of pyridine rings is 1. The van der Waals surface area contributed by atoms with Gasteiger partial charge in [0.1, 0.15) is 21.8 Å². The number of hydrogen-bond donors (Lipinski definition) is 1. The SMILES string of the molecule is O=S(=O)(NCCc1nnc2ccccn12)c1cccc2nsnc12. The molecule has 0 amide bonds. The highest BCUT2D eigenvalue weighted by molar-refractivity contribution is 7.89. The fraction of sp³-hybridized carbons (Fsp3) is 0.143. The number of hydrogen-bond acceptors (Lipinski definition) is 7. The molecule has 0 bridgehead atoms. The van der Waals surface area contributed by atoms with Crippen LogP contribution in [0.15, 0.2) is 47.5 Å². The van der Waals surface area contributed by atoms with E-state index in [1.807, 2.05) is 28.8 Å². The topological polar surface area (TPSA) is 102 Å². The van der Waals surface area contributed by atoms with Gasteiger partial charge in [-0.3, -0.25) is 4.40 Å². The van der Waals surface area contributed by atoms with Crippen LogP contribution in [0.2, 0.25) is 0 Å². The number of nitrogens with zero attached hydrogens (tertiary/aromatic N) is 5. The molecule has 0 aliphatic carbocycles. The minimum Gasteiger partial charge on any atom is -0.286 e. The van der Waals surface area contributed by atoms with E-state index in [1.165, 1.54) is 6.07 Å². The molecule has 3 heterocycles. The van der Waals surface area contributed by atoms with Crippen LogP contribution in [0.4, 0.5) is 0 Å². The van der Waals surface area contributed by atoms with Gasteiger partial charge in [-0.05, 0) is 24.3 Å². The Morgan fingerprint density at radius 2 is 2.00 bits per heavy atom. The molecular formula is C14H12N6O2S2. The van der Waals surface area contributed by atoms with Gasteiger partial charge in [-0.2, -0.15) is 8.75 Å². The molecule has 122 valence electrons. The van der Waals surface area contributed by atoms with Gasteiger partial charge in [0, 0.05) is 19.2 Å². The van der Waals surface area contributed by atoms with Crippen LogP contribution < -0.4 is 4.72 Å². The zero-order valence-corrected chi connectivity index (χ0v) is 14.0. The van der Waals surface area contributed by atoms with Crippen LogP contribution in [0.5, 0.6) is 0 Å². The van der Waals surface area contributed by atoms with Crippen molar-refractivity contribution < 1.29 is 8.42 Å². The first kappa shape index (κ1) is 15.1. The molecule has 4 aromatic rings. The third-order valence-electron chi connectivity index (χ3n) is 3.56. The van der Waals surface area contributed by atoms with Gasteiger partial charge in [-0.15, -0.1) is 10.2 Å². The van der Waals surface area contributed by atoms with Crippen LogP contribution in [-0.4, -0.2) is 38.3 Å². The van der Waals surface area contributed by atoms with E-state index in [4.69, 9.17) is 0 Å². The lowest BCUT2D eigenvalue weighted by Gasteiger charge is -2.06. The Morgan fingerprint density at radius 1 is 1.08 bits per heavy atom. The van der Waals surface area contributed by atoms with Crippen molar-refractivity contribution in [1.82, 2.24) is 28.1 Å². The van der Waals surface area contributed by atoms with Crippen LogP contribution in [0.3, 0.4) is 0 Å². The van der Waals surface area contributed by atoms with E-state index >= 15 is 0 Å². The molecule has 3 aromatic heterocycles. The summed E-state index contributed by atoms with van der Waals surface area (Å²) >= 11 is 0.993. The fourth-order valence-corrected chi connectivity index (χ4v) is 4.23. The van der Waals surface area contributed by atoms with Gasteiger partial charge in [0.2, 0.25) is 10.0 Å². The zero-order chi connectivity index (χ0) is 16.6. The second-order valence-electron chi connectivity index (χ2n) is 5.08. The summed E-state index contributed by atoms with van der Waals surface area (Å²) in [5.41, 5.74) is 1.70. The molecule has 24 heavy (non-hydrogen) atoms. The third kappa shape index (κ3) is 2.64. The second-order valence-corrected chi connectivity index (χ2v) is 7.34. The molecular weight excluding hydrogens is 348 g/mol. The van der Waals surface area contributed by atoms with Crippen molar-refractivity contribution >= 4 is 38.4 Å². The highest BCUT2D eigenvalue weighted by Crippen LogP contribution is 2.20. The molecule has 0 spiro atoms. The predicted molar refractivity (Wildman–Crippen MR) is 89.3 cm³/mol. The maximum absolute atomic E-state index is 12.5. The molecule has 10 heteroatoms. The molecule has 0 atom stereocenters. The summed E-state index contributed by atoms with van der Waals surface area (Å²) in [6, 6.07) is 10.5. The van der Waals surface area contributed by atoms with Gasteiger partial charge in [-0.25, -0.2) is 13.1 Å². The summed E-state index contributed by atoms with van der Waals surface area (Å²) in [6.07, 6.45) is 2.27. The summed E-state index contributed by atoms with van der Waals surface area (Å²) in [4.78, 5) is 0.139. The number of aromatic nitrogens is 5. The quantitative estimate of drug-likeness (QED) is 0.575. The van der Waals surface area contributed by atoms with Gasteiger partial charge in [0.05, 0.1) is 11.7 Å². The van der Waals surface area contributed by atoms with E-state index < -0.39 is 10.0 Å². The molecule has 0 radical (unpaired) electrons. The van der Waals surface area contributed by atoms with E-state index in [0.717, 1.165) is 17.4 Å². The lowest BCUT2D eigenvalue weighted by molar-refractivity contribution is 0.581. The fourth-order valence-electron chi connectivity index (χ4n) is 2.43. The van der Waals surface area contributed by atoms with Gasteiger partial charge in [0.15, 0.2) is 5.65 Å². The van der Waals surface area contributed by atoms with Crippen molar-refractivity contribution in [3.8, 4) is 0 Å². The standard InChI is InChI=1S/C14H12N6O2S2/c21-24(22,11-5-3-4-10-14(11)19-23-18-10)15-8-7-13-17-16-12-6-1-2-9-20(12)13/h1-6,9,15H,7-8H2. The first-order valence-corrected chi connectivity index (χ1v) is 9.36. The monoisotopic (exact) mass is 360 g/mol. The average Bonchev–Trinajstić information content (AvgIpc) is 3.21. The summed E-state index contributed by atoms with van der Waals surface area (Å²) in [5, 5.41) is 8.13. The van der Waals surface area contributed by atoms with Gasteiger partial charge in [-0.1, -0.05) is 12.1 Å². The summed E-state index contributed by atoms with van der Waals surface area (Å²) in [5.74, 6) is 0.696. The number of nitrogens with one attached hydrogen (secondary N) is 1. The zero-order valence-electron chi connectivity index (χ0n) is 12.3. The normalized spacial score (nSPS) is 12.2. The van der Waals surface area contributed by atoms with E-state index in [0.29, 0.717) is 23.3 Å². The van der Waals surface area contributed by atoms with Crippen LogP contribution in [0, 0.1) is 0 Å². The van der Waals surface area contributed by atoms with E-state index in [-0.39, 0.29) is 11.4 Å². The Morgan fingerprint density at radius 3 is 2.92 bits per heavy atom. The molecule has 0 saturated carbocycles. The second kappa shape index (κ2) is 5.89. The van der Waals surface area contributed by atoms with Crippen LogP contribution in [0.1, 0.15) is 5.82 Å². The highest BCUT2D eigenvalue weighted by Gasteiger charge is 2.19. The van der Waals surface area contributed by atoms with Gasteiger partial charge < -0.3 is 0 Å². The van der Waals surface area contributed by atoms with E-state index in [9.17, 15) is 8.42 Å². The Balaban J connectivity index is 1.54. The molecule has 1 aromatic carbocycles. The molecule has 0 aliphatic heterocycles. The molecule has 0 unspecified atom stereocenters. The van der Waals surface area contributed by atoms with Crippen molar-refractivity contribution in [3.05, 3.63) is 48.4 Å². The number of sulfonamides is 1. The van der Waals surface area contributed by atoms with Crippen molar-refractivity contribution in [3.63, 3.8) is 0 Å². The van der Waals surface area contributed by atoms with E-state index in [2.05, 4.69) is 23.7 Å². The first-order chi connectivity index (χ1) is 11.6. The van der Waals surface area contributed by atoms with Crippen LogP contribution in [0.25, 0.3) is 16.7 Å². The number of rotatable bonds is 5. The molecule has 0 saturated heterocycles. The molecule has 8 nitrogen and oxygen atoms in total. The first-order valence-electron chi connectivity index (χ1n) is 7.15.